The highest BCUT2D eigenvalue weighted by molar-refractivity contribution is 7.91. The van der Waals surface area contributed by atoms with Gasteiger partial charge in [-0.3, -0.25) is 0 Å². The van der Waals surface area contributed by atoms with Crippen molar-refractivity contribution >= 4 is 15.5 Å². The molecule has 0 atom stereocenters. The molecule has 1 aromatic carbocycles. The van der Waals surface area contributed by atoms with Gasteiger partial charge in [0, 0.05) is 13.6 Å². The predicted molar refractivity (Wildman–Crippen MR) is 83.0 cm³/mol. The summed E-state index contributed by atoms with van der Waals surface area (Å²) >= 11 is 0. The minimum atomic E-state index is -3.17. The number of para-hydroxylation sites is 1. The van der Waals surface area contributed by atoms with E-state index in [0.29, 0.717) is 10.8 Å². The molecule has 1 N–H and O–H groups in total. The Labute approximate surface area is 122 Å². The fourth-order valence-electron chi connectivity index (χ4n) is 2.74. The Bertz CT molecular complexity index is 537. The second-order valence-corrected chi connectivity index (χ2v) is 7.69. The van der Waals surface area contributed by atoms with Gasteiger partial charge in [-0.1, -0.05) is 19.1 Å². The quantitative estimate of drug-likeness (QED) is 0.902. The van der Waals surface area contributed by atoms with Crippen LogP contribution in [-0.4, -0.2) is 40.9 Å². The summed E-state index contributed by atoms with van der Waals surface area (Å²) in [5.41, 5.74) is 0.827. The van der Waals surface area contributed by atoms with Gasteiger partial charge in [0.05, 0.1) is 16.3 Å². The standard InChI is InChI=1S/C15H24N2O2S/c1-3-20(18,19)15-7-5-4-6-14(15)17(2)12-13-8-10-16-11-9-13/h4-7,13,16H,3,8-12H2,1-2H3. The number of anilines is 1. The lowest BCUT2D eigenvalue weighted by atomic mass is 9.97. The number of hydrogen-bond donors (Lipinski definition) is 1. The summed E-state index contributed by atoms with van der Waals surface area (Å²) in [6, 6.07) is 7.32. The van der Waals surface area contributed by atoms with Gasteiger partial charge < -0.3 is 10.2 Å². The molecule has 1 aliphatic heterocycles. The van der Waals surface area contributed by atoms with E-state index < -0.39 is 9.84 Å². The summed E-state index contributed by atoms with van der Waals surface area (Å²) in [5.74, 6) is 0.782. The molecule has 0 amide bonds. The van der Waals surface area contributed by atoms with Crippen molar-refractivity contribution in [1.82, 2.24) is 5.32 Å². The summed E-state index contributed by atoms with van der Waals surface area (Å²) < 4.78 is 24.4. The van der Waals surface area contributed by atoms with Crippen molar-refractivity contribution in [2.24, 2.45) is 5.92 Å². The molecule has 0 spiro atoms. The summed E-state index contributed by atoms with van der Waals surface area (Å²) in [7, 11) is -1.18. The molecule has 4 nitrogen and oxygen atoms in total. The van der Waals surface area contributed by atoms with Crippen LogP contribution in [0, 0.1) is 5.92 Å². The van der Waals surface area contributed by atoms with E-state index in [1.165, 1.54) is 0 Å². The fourth-order valence-corrected chi connectivity index (χ4v) is 3.88. The van der Waals surface area contributed by atoms with Crippen molar-refractivity contribution in [2.75, 3.05) is 37.3 Å². The average Bonchev–Trinajstić information content (AvgIpc) is 2.48. The minimum Gasteiger partial charge on any atom is -0.373 e. The lowest BCUT2D eigenvalue weighted by molar-refractivity contribution is 0.377. The molecule has 0 aromatic heterocycles. The molecule has 1 aromatic rings. The normalized spacial score (nSPS) is 17.1. The molecule has 0 saturated carbocycles. The van der Waals surface area contributed by atoms with E-state index in [1.54, 1.807) is 19.1 Å². The van der Waals surface area contributed by atoms with Gasteiger partial charge in [-0.2, -0.15) is 0 Å². The molecule has 0 radical (unpaired) electrons. The summed E-state index contributed by atoms with van der Waals surface area (Å²) in [6.45, 7) is 4.73. The monoisotopic (exact) mass is 296 g/mol. The fraction of sp³-hybridized carbons (Fsp3) is 0.600. The number of hydrogen-bond acceptors (Lipinski definition) is 4. The smallest absolute Gasteiger partial charge is 0.180 e. The molecule has 1 heterocycles. The zero-order chi connectivity index (χ0) is 14.6. The molecule has 1 saturated heterocycles. The van der Waals surface area contributed by atoms with Gasteiger partial charge in [-0.15, -0.1) is 0 Å². The highest BCUT2D eigenvalue weighted by Gasteiger charge is 2.21. The van der Waals surface area contributed by atoms with Crippen LogP contribution in [0.25, 0.3) is 0 Å². The van der Waals surface area contributed by atoms with Gasteiger partial charge in [0.2, 0.25) is 0 Å². The second-order valence-electron chi connectivity index (χ2n) is 5.45. The first-order valence-corrected chi connectivity index (χ1v) is 8.93. The topological polar surface area (TPSA) is 49.4 Å². The third-order valence-electron chi connectivity index (χ3n) is 3.98. The average molecular weight is 296 g/mol. The highest BCUT2D eigenvalue weighted by Crippen LogP contribution is 2.26. The third kappa shape index (κ3) is 3.52. The number of benzene rings is 1. The first kappa shape index (κ1) is 15.3. The molecular formula is C15H24N2O2S. The van der Waals surface area contributed by atoms with Gasteiger partial charge in [-0.05, 0) is 44.0 Å². The predicted octanol–water partition coefficient (Wildman–Crippen LogP) is 1.92. The van der Waals surface area contributed by atoms with Gasteiger partial charge in [-0.25, -0.2) is 8.42 Å². The van der Waals surface area contributed by atoms with Crippen LogP contribution >= 0.6 is 0 Å². The van der Waals surface area contributed by atoms with Crippen molar-refractivity contribution < 1.29 is 8.42 Å². The maximum atomic E-state index is 12.2. The van der Waals surface area contributed by atoms with Crippen molar-refractivity contribution in [1.29, 1.82) is 0 Å². The van der Waals surface area contributed by atoms with Gasteiger partial charge in [0.1, 0.15) is 0 Å². The SMILES string of the molecule is CCS(=O)(=O)c1ccccc1N(C)CC1CCNCC1. The summed E-state index contributed by atoms with van der Waals surface area (Å²) in [4.78, 5) is 2.55. The third-order valence-corrected chi connectivity index (χ3v) is 5.76. The molecule has 0 aliphatic carbocycles. The van der Waals surface area contributed by atoms with E-state index >= 15 is 0 Å². The Balaban J connectivity index is 2.19. The number of nitrogens with zero attached hydrogens (tertiary/aromatic N) is 1. The lowest BCUT2D eigenvalue weighted by Crippen LogP contribution is -2.35. The zero-order valence-electron chi connectivity index (χ0n) is 12.3. The number of nitrogens with one attached hydrogen (secondary N) is 1. The Morgan fingerprint density at radius 2 is 1.90 bits per heavy atom. The molecule has 1 fully saturated rings. The van der Waals surface area contributed by atoms with Crippen LogP contribution in [0.3, 0.4) is 0 Å². The van der Waals surface area contributed by atoms with Crippen molar-refractivity contribution in [2.45, 2.75) is 24.7 Å². The first-order valence-electron chi connectivity index (χ1n) is 7.28. The largest absolute Gasteiger partial charge is 0.373 e. The van der Waals surface area contributed by atoms with E-state index in [1.807, 2.05) is 19.2 Å². The van der Waals surface area contributed by atoms with E-state index in [-0.39, 0.29) is 5.75 Å². The molecule has 0 bridgehead atoms. The molecular weight excluding hydrogens is 272 g/mol. The Kier molecular flexibility index (Phi) is 5.05. The zero-order valence-corrected chi connectivity index (χ0v) is 13.1. The number of sulfone groups is 1. The molecule has 0 unspecified atom stereocenters. The van der Waals surface area contributed by atoms with Crippen LogP contribution in [0.2, 0.25) is 0 Å². The van der Waals surface area contributed by atoms with E-state index in [2.05, 4.69) is 10.2 Å². The van der Waals surface area contributed by atoms with Crippen molar-refractivity contribution in [3.05, 3.63) is 24.3 Å². The van der Waals surface area contributed by atoms with E-state index in [9.17, 15) is 8.42 Å². The Morgan fingerprint density at radius 3 is 2.55 bits per heavy atom. The van der Waals surface area contributed by atoms with Gasteiger partial charge in [0.25, 0.3) is 0 Å². The maximum absolute atomic E-state index is 12.2. The minimum absolute atomic E-state index is 0.144. The molecule has 112 valence electrons. The maximum Gasteiger partial charge on any atom is 0.180 e. The lowest BCUT2D eigenvalue weighted by Gasteiger charge is -2.29. The van der Waals surface area contributed by atoms with Gasteiger partial charge in [0.15, 0.2) is 9.84 Å². The van der Waals surface area contributed by atoms with Crippen LogP contribution in [0.1, 0.15) is 19.8 Å². The Hall–Kier alpha value is -1.07. The molecule has 5 heteroatoms. The van der Waals surface area contributed by atoms with Crippen LogP contribution < -0.4 is 10.2 Å². The van der Waals surface area contributed by atoms with E-state index in [4.69, 9.17) is 0 Å². The van der Waals surface area contributed by atoms with E-state index in [0.717, 1.165) is 38.2 Å². The highest BCUT2D eigenvalue weighted by atomic mass is 32.2. The Morgan fingerprint density at radius 1 is 1.25 bits per heavy atom. The second kappa shape index (κ2) is 6.59. The number of piperidine rings is 1. The van der Waals surface area contributed by atoms with Crippen molar-refractivity contribution in [3.63, 3.8) is 0 Å². The molecule has 2 rings (SSSR count). The summed E-state index contributed by atoms with van der Waals surface area (Å²) in [5, 5.41) is 3.36. The van der Waals surface area contributed by atoms with Crippen LogP contribution in [-0.2, 0) is 9.84 Å². The van der Waals surface area contributed by atoms with Crippen molar-refractivity contribution in [3.8, 4) is 0 Å². The first-order chi connectivity index (χ1) is 9.54. The van der Waals surface area contributed by atoms with Gasteiger partial charge >= 0.3 is 0 Å². The molecule has 20 heavy (non-hydrogen) atoms. The molecule has 1 aliphatic rings. The summed E-state index contributed by atoms with van der Waals surface area (Å²) in [6.07, 6.45) is 2.32. The van der Waals surface area contributed by atoms with Crippen LogP contribution in [0.15, 0.2) is 29.2 Å². The number of rotatable bonds is 5. The van der Waals surface area contributed by atoms with Crippen LogP contribution in [0.4, 0.5) is 5.69 Å². The van der Waals surface area contributed by atoms with Crippen LogP contribution in [0.5, 0.6) is 0 Å².